The standard InChI is InChI=1S/C14H24N2O2S/c1-5-11(8-17)16-14(18)15-10(4)13-7-9(3)12(6-2)19-13/h7,10-11,17H,5-6,8H2,1-4H3,(H2,15,16,18)/t10?,11-/m0/s1. The van der Waals surface area contributed by atoms with E-state index in [4.69, 9.17) is 5.11 Å². The maximum Gasteiger partial charge on any atom is 0.315 e. The number of urea groups is 1. The molecular weight excluding hydrogens is 260 g/mol. The predicted octanol–water partition coefficient (Wildman–Crippen LogP) is 2.75. The van der Waals surface area contributed by atoms with Crippen LogP contribution in [0.1, 0.15) is 48.6 Å². The molecule has 1 rings (SSSR count). The van der Waals surface area contributed by atoms with E-state index in [9.17, 15) is 4.79 Å². The number of carbonyl (C=O) groups excluding carboxylic acids is 1. The number of thiophene rings is 1. The molecule has 0 fully saturated rings. The first-order chi connectivity index (χ1) is 9.01. The Kier molecular flexibility index (Phi) is 6.31. The Morgan fingerprint density at radius 3 is 2.58 bits per heavy atom. The van der Waals surface area contributed by atoms with Crippen molar-refractivity contribution in [3.63, 3.8) is 0 Å². The third-order valence-electron chi connectivity index (χ3n) is 3.18. The SMILES string of the molecule is CCc1sc(C(C)NC(=O)N[C@@H](CC)CO)cc1C. The Labute approximate surface area is 119 Å². The third-order valence-corrected chi connectivity index (χ3v) is 4.75. The molecule has 0 radical (unpaired) electrons. The molecule has 0 aliphatic carbocycles. The zero-order valence-electron chi connectivity index (χ0n) is 12.1. The molecule has 0 aromatic carbocycles. The Morgan fingerprint density at radius 2 is 2.11 bits per heavy atom. The van der Waals surface area contributed by atoms with E-state index in [1.165, 1.54) is 15.3 Å². The van der Waals surface area contributed by atoms with Gasteiger partial charge in [0.05, 0.1) is 18.7 Å². The lowest BCUT2D eigenvalue weighted by Gasteiger charge is -2.17. The minimum Gasteiger partial charge on any atom is -0.394 e. The van der Waals surface area contributed by atoms with Gasteiger partial charge in [0.15, 0.2) is 0 Å². The summed E-state index contributed by atoms with van der Waals surface area (Å²) in [6.45, 7) is 8.12. The van der Waals surface area contributed by atoms with E-state index in [1.54, 1.807) is 11.3 Å². The Bertz CT molecular complexity index is 414. The number of aliphatic hydroxyl groups excluding tert-OH is 1. The van der Waals surface area contributed by atoms with Gasteiger partial charge in [-0.2, -0.15) is 0 Å². The zero-order valence-corrected chi connectivity index (χ0v) is 12.9. The number of amides is 2. The number of nitrogens with one attached hydrogen (secondary N) is 2. The topological polar surface area (TPSA) is 61.4 Å². The third kappa shape index (κ3) is 4.51. The van der Waals surface area contributed by atoms with Gasteiger partial charge in [0.1, 0.15) is 0 Å². The molecule has 4 nitrogen and oxygen atoms in total. The molecule has 19 heavy (non-hydrogen) atoms. The molecule has 0 aliphatic heterocycles. The Balaban J connectivity index is 2.58. The van der Waals surface area contributed by atoms with Crippen LogP contribution in [-0.2, 0) is 6.42 Å². The molecule has 108 valence electrons. The summed E-state index contributed by atoms with van der Waals surface area (Å²) in [4.78, 5) is 14.3. The van der Waals surface area contributed by atoms with Crippen molar-refractivity contribution in [3.05, 3.63) is 21.4 Å². The summed E-state index contributed by atoms with van der Waals surface area (Å²) < 4.78 is 0. The van der Waals surface area contributed by atoms with E-state index in [-0.39, 0.29) is 24.7 Å². The van der Waals surface area contributed by atoms with Gasteiger partial charge in [-0.15, -0.1) is 11.3 Å². The Morgan fingerprint density at radius 1 is 1.42 bits per heavy atom. The monoisotopic (exact) mass is 284 g/mol. The minimum absolute atomic E-state index is 0.0137. The van der Waals surface area contributed by atoms with Gasteiger partial charge >= 0.3 is 6.03 Å². The van der Waals surface area contributed by atoms with Gasteiger partial charge in [-0.25, -0.2) is 4.79 Å². The van der Waals surface area contributed by atoms with E-state index in [0.717, 1.165) is 12.8 Å². The highest BCUT2D eigenvalue weighted by Crippen LogP contribution is 2.27. The van der Waals surface area contributed by atoms with Crippen molar-refractivity contribution in [1.82, 2.24) is 10.6 Å². The van der Waals surface area contributed by atoms with Crippen molar-refractivity contribution < 1.29 is 9.90 Å². The van der Waals surface area contributed by atoms with Crippen LogP contribution in [0.3, 0.4) is 0 Å². The smallest absolute Gasteiger partial charge is 0.315 e. The molecule has 1 unspecified atom stereocenters. The lowest BCUT2D eigenvalue weighted by Crippen LogP contribution is -2.44. The number of hydrogen-bond acceptors (Lipinski definition) is 3. The normalized spacial score (nSPS) is 13.9. The Hall–Kier alpha value is -1.07. The van der Waals surface area contributed by atoms with Crippen LogP contribution in [0.4, 0.5) is 4.79 Å². The van der Waals surface area contributed by atoms with Crippen molar-refractivity contribution in [3.8, 4) is 0 Å². The van der Waals surface area contributed by atoms with Crippen molar-refractivity contribution in [2.45, 2.75) is 52.6 Å². The summed E-state index contributed by atoms with van der Waals surface area (Å²) in [6.07, 6.45) is 1.74. The van der Waals surface area contributed by atoms with Crippen LogP contribution in [0.2, 0.25) is 0 Å². The zero-order chi connectivity index (χ0) is 14.4. The molecule has 0 aliphatic rings. The van der Waals surface area contributed by atoms with E-state index in [0.29, 0.717) is 0 Å². The lowest BCUT2D eigenvalue weighted by molar-refractivity contribution is 0.212. The summed E-state index contributed by atoms with van der Waals surface area (Å²) in [7, 11) is 0. The van der Waals surface area contributed by atoms with Gasteiger partial charge in [-0.05, 0) is 38.3 Å². The molecule has 3 N–H and O–H groups in total. The summed E-state index contributed by atoms with van der Waals surface area (Å²) in [6, 6.07) is 1.72. The summed E-state index contributed by atoms with van der Waals surface area (Å²) in [5.74, 6) is 0. The molecular formula is C14H24N2O2S. The van der Waals surface area contributed by atoms with Crippen molar-refractivity contribution >= 4 is 17.4 Å². The average molecular weight is 284 g/mol. The second-order valence-electron chi connectivity index (χ2n) is 4.74. The van der Waals surface area contributed by atoms with Crippen LogP contribution in [0.5, 0.6) is 0 Å². The van der Waals surface area contributed by atoms with Gasteiger partial charge in [0, 0.05) is 9.75 Å². The molecule has 0 bridgehead atoms. The number of hydrogen-bond donors (Lipinski definition) is 3. The second-order valence-corrected chi connectivity index (χ2v) is 5.90. The maximum absolute atomic E-state index is 11.8. The summed E-state index contributed by atoms with van der Waals surface area (Å²) >= 11 is 1.75. The number of aryl methyl sites for hydroxylation is 2. The van der Waals surface area contributed by atoms with Crippen LogP contribution >= 0.6 is 11.3 Å². The second kappa shape index (κ2) is 7.50. The summed E-state index contributed by atoms with van der Waals surface area (Å²) in [5, 5.41) is 14.7. The first-order valence-electron chi connectivity index (χ1n) is 6.78. The van der Waals surface area contributed by atoms with Gasteiger partial charge in [-0.1, -0.05) is 13.8 Å². The molecule has 2 amide bonds. The molecule has 1 aromatic heterocycles. The number of carbonyl (C=O) groups is 1. The molecule has 0 spiro atoms. The highest BCUT2D eigenvalue weighted by Gasteiger charge is 2.15. The van der Waals surface area contributed by atoms with Gasteiger partial charge in [0.25, 0.3) is 0 Å². The van der Waals surface area contributed by atoms with E-state index in [1.807, 2.05) is 13.8 Å². The van der Waals surface area contributed by atoms with Crippen LogP contribution in [0.25, 0.3) is 0 Å². The predicted molar refractivity (Wildman–Crippen MR) is 79.7 cm³/mol. The molecule has 1 heterocycles. The van der Waals surface area contributed by atoms with Crippen LogP contribution in [-0.4, -0.2) is 23.8 Å². The van der Waals surface area contributed by atoms with Gasteiger partial charge in [0.2, 0.25) is 0 Å². The molecule has 2 atom stereocenters. The number of rotatable bonds is 6. The molecule has 5 heteroatoms. The summed E-state index contributed by atoms with van der Waals surface area (Å²) in [5.41, 5.74) is 1.29. The van der Waals surface area contributed by atoms with Gasteiger partial charge < -0.3 is 15.7 Å². The fraction of sp³-hybridized carbons (Fsp3) is 0.643. The van der Waals surface area contributed by atoms with Crippen LogP contribution in [0.15, 0.2) is 6.07 Å². The molecule has 0 saturated carbocycles. The van der Waals surface area contributed by atoms with Crippen LogP contribution < -0.4 is 10.6 Å². The first-order valence-corrected chi connectivity index (χ1v) is 7.60. The van der Waals surface area contributed by atoms with Crippen molar-refractivity contribution in [2.75, 3.05) is 6.61 Å². The first kappa shape index (κ1) is 16.0. The van der Waals surface area contributed by atoms with E-state index >= 15 is 0 Å². The van der Waals surface area contributed by atoms with Crippen molar-refractivity contribution in [2.24, 2.45) is 0 Å². The van der Waals surface area contributed by atoms with E-state index < -0.39 is 0 Å². The van der Waals surface area contributed by atoms with E-state index in [2.05, 4.69) is 30.5 Å². The van der Waals surface area contributed by atoms with Crippen LogP contribution in [0, 0.1) is 6.92 Å². The fourth-order valence-corrected chi connectivity index (χ4v) is 3.00. The fourth-order valence-electron chi connectivity index (χ4n) is 1.88. The maximum atomic E-state index is 11.8. The van der Waals surface area contributed by atoms with Crippen molar-refractivity contribution in [1.29, 1.82) is 0 Å². The number of aliphatic hydroxyl groups is 1. The highest BCUT2D eigenvalue weighted by atomic mass is 32.1. The molecule has 0 saturated heterocycles. The van der Waals surface area contributed by atoms with Gasteiger partial charge in [-0.3, -0.25) is 0 Å². The quantitative estimate of drug-likeness (QED) is 0.752. The largest absolute Gasteiger partial charge is 0.394 e. The average Bonchev–Trinajstić information content (AvgIpc) is 2.77. The highest BCUT2D eigenvalue weighted by molar-refractivity contribution is 7.12. The minimum atomic E-state index is -0.225. The lowest BCUT2D eigenvalue weighted by atomic mass is 10.2. The molecule has 1 aromatic rings.